The fourth-order valence-electron chi connectivity index (χ4n) is 1.09. The molecule has 0 saturated carbocycles. The summed E-state index contributed by atoms with van der Waals surface area (Å²) >= 11 is 4.06. The molecule has 0 unspecified atom stereocenters. The highest BCUT2D eigenvalue weighted by molar-refractivity contribution is 7.80. The molecule has 0 N–H and O–H groups in total. The third-order valence-corrected chi connectivity index (χ3v) is 2.07. The first kappa shape index (κ1) is 11.7. The van der Waals surface area contributed by atoms with Crippen LogP contribution >= 0.6 is 12.6 Å². The molecule has 1 aromatic carbocycles. The van der Waals surface area contributed by atoms with Gasteiger partial charge in [-0.15, -0.1) is 0 Å². The van der Waals surface area contributed by atoms with Crippen molar-refractivity contribution in [2.75, 3.05) is 12.9 Å². The Labute approximate surface area is 95.1 Å². The largest absolute Gasteiger partial charge is 0.497 e. The van der Waals surface area contributed by atoms with Gasteiger partial charge in [0.05, 0.1) is 7.11 Å². The van der Waals surface area contributed by atoms with Gasteiger partial charge < -0.3 is 4.74 Å². The minimum absolute atomic E-state index is 0.556. The summed E-state index contributed by atoms with van der Waals surface area (Å²) in [4.78, 5) is 10.8. The number of aldehydes is 1. The zero-order valence-electron chi connectivity index (χ0n) is 8.49. The Kier molecular flexibility index (Phi) is 4.79. The topological polar surface area (TPSA) is 26.3 Å². The number of thiol groups is 1. The summed E-state index contributed by atoms with van der Waals surface area (Å²) in [5.74, 6) is 7.25. The molecule has 0 amide bonds. The highest BCUT2D eigenvalue weighted by Crippen LogP contribution is 2.15. The summed E-state index contributed by atoms with van der Waals surface area (Å²) < 4.78 is 5.02. The summed E-state index contributed by atoms with van der Waals surface area (Å²) in [6.07, 6.45) is 1.50. The third kappa shape index (κ3) is 3.34. The normalized spacial score (nSPS) is 8.93. The molecule has 1 aromatic rings. The number of hydrogen-bond donors (Lipinski definition) is 1. The first-order chi connectivity index (χ1) is 7.31. The molecular formula is C12H12O2S. The van der Waals surface area contributed by atoms with E-state index in [0.717, 1.165) is 17.6 Å². The van der Waals surface area contributed by atoms with Crippen LogP contribution in [0.2, 0.25) is 0 Å². The van der Waals surface area contributed by atoms with E-state index < -0.39 is 0 Å². The van der Waals surface area contributed by atoms with E-state index in [4.69, 9.17) is 4.74 Å². The minimum Gasteiger partial charge on any atom is -0.497 e. The quantitative estimate of drug-likeness (QED) is 0.480. The van der Waals surface area contributed by atoms with Gasteiger partial charge in [-0.25, -0.2) is 0 Å². The molecule has 2 nitrogen and oxygen atoms in total. The fourth-order valence-corrected chi connectivity index (χ4v) is 1.20. The van der Waals surface area contributed by atoms with Gasteiger partial charge in [-0.05, 0) is 18.2 Å². The summed E-state index contributed by atoms with van der Waals surface area (Å²) in [6.45, 7) is 0. The number of rotatable bonds is 3. The summed E-state index contributed by atoms with van der Waals surface area (Å²) in [7, 11) is 1.57. The average molecular weight is 220 g/mol. The average Bonchev–Trinajstić information content (AvgIpc) is 2.29. The Bertz CT molecular complexity index is 402. The Morgan fingerprint density at radius 2 is 2.33 bits per heavy atom. The van der Waals surface area contributed by atoms with Crippen LogP contribution in [-0.4, -0.2) is 19.1 Å². The molecule has 0 atom stereocenters. The summed E-state index contributed by atoms with van der Waals surface area (Å²) in [6, 6.07) is 5.25. The summed E-state index contributed by atoms with van der Waals surface area (Å²) in [5.41, 5.74) is 1.29. The lowest BCUT2D eigenvalue weighted by Gasteiger charge is -2.01. The van der Waals surface area contributed by atoms with Crippen LogP contribution in [0.25, 0.3) is 0 Å². The van der Waals surface area contributed by atoms with Crippen molar-refractivity contribution in [3.63, 3.8) is 0 Å². The molecule has 15 heavy (non-hydrogen) atoms. The van der Waals surface area contributed by atoms with Crippen molar-refractivity contribution in [1.82, 2.24) is 0 Å². The number of benzene rings is 1. The molecule has 0 aromatic heterocycles. The van der Waals surface area contributed by atoms with Crippen LogP contribution in [-0.2, 0) is 0 Å². The van der Waals surface area contributed by atoms with Crippen LogP contribution in [0.15, 0.2) is 18.2 Å². The molecule has 0 heterocycles. The zero-order valence-corrected chi connectivity index (χ0v) is 9.38. The van der Waals surface area contributed by atoms with Crippen LogP contribution in [0.5, 0.6) is 5.75 Å². The van der Waals surface area contributed by atoms with Crippen molar-refractivity contribution >= 4 is 18.9 Å². The maximum absolute atomic E-state index is 10.8. The van der Waals surface area contributed by atoms with E-state index in [9.17, 15) is 4.79 Å². The van der Waals surface area contributed by atoms with E-state index >= 15 is 0 Å². The molecule has 0 aliphatic rings. The van der Waals surface area contributed by atoms with Crippen molar-refractivity contribution in [2.45, 2.75) is 6.42 Å². The smallest absolute Gasteiger partial charge is 0.151 e. The SMILES string of the molecule is COc1ccc(C#CCCS)c(C=O)c1. The Hall–Kier alpha value is -1.40. The molecule has 78 valence electrons. The number of carbonyl (C=O) groups is 1. The predicted molar refractivity (Wildman–Crippen MR) is 63.7 cm³/mol. The third-order valence-electron chi connectivity index (χ3n) is 1.85. The number of hydrogen-bond acceptors (Lipinski definition) is 3. The van der Waals surface area contributed by atoms with Gasteiger partial charge in [-0.3, -0.25) is 4.79 Å². The van der Waals surface area contributed by atoms with Crippen molar-refractivity contribution in [3.05, 3.63) is 29.3 Å². The second kappa shape index (κ2) is 6.15. The molecule has 0 bridgehead atoms. The Morgan fingerprint density at radius 1 is 1.53 bits per heavy atom. The predicted octanol–water partition coefficient (Wildman–Crippen LogP) is 2.18. The van der Waals surface area contributed by atoms with Gasteiger partial charge in [-0.1, -0.05) is 11.8 Å². The van der Waals surface area contributed by atoms with E-state index in [1.54, 1.807) is 25.3 Å². The second-order valence-electron chi connectivity index (χ2n) is 2.85. The molecule has 0 aliphatic carbocycles. The summed E-state index contributed by atoms with van der Waals surface area (Å²) in [5, 5.41) is 0. The first-order valence-electron chi connectivity index (χ1n) is 4.54. The highest BCUT2D eigenvalue weighted by Gasteiger charge is 2.00. The van der Waals surface area contributed by atoms with Crippen LogP contribution in [0.3, 0.4) is 0 Å². The maximum Gasteiger partial charge on any atom is 0.151 e. The Balaban J connectivity index is 2.99. The van der Waals surface area contributed by atoms with Gasteiger partial charge >= 0.3 is 0 Å². The molecule has 0 radical (unpaired) electrons. The standard InChI is InChI=1S/C12H12O2S/c1-14-12-6-5-10(4-2-3-7-15)11(8-12)9-13/h5-6,8-9,15H,3,7H2,1H3. The van der Waals surface area contributed by atoms with Gasteiger partial charge in [0.25, 0.3) is 0 Å². The minimum atomic E-state index is 0.556. The monoisotopic (exact) mass is 220 g/mol. The van der Waals surface area contributed by atoms with Crippen molar-refractivity contribution in [1.29, 1.82) is 0 Å². The maximum atomic E-state index is 10.8. The lowest BCUT2D eigenvalue weighted by atomic mass is 10.1. The zero-order chi connectivity index (χ0) is 11.1. The van der Waals surface area contributed by atoms with Gasteiger partial charge in [0.1, 0.15) is 5.75 Å². The number of ether oxygens (including phenoxy) is 1. The van der Waals surface area contributed by atoms with E-state index in [0.29, 0.717) is 17.7 Å². The van der Waals surface area contributed by atoms with Gasteiger partial charge in [-0.2, -0.15) is 12.6 Å². The number of methoxy groups -OCH3 is 1. The van der Waals surface area contributed by atoms with Gasteiger partial charge in [0.15, 0.2) is 6.29 Å². The highest BCUT2D eigenvalue weighted by atomic mass is 32.1. The molecule has 3 heteroatoms. The van der Waals surface area contributed by atoms with Crippen LogP contribution in [0.4, 0.5) is 0 Å². The second-order valence-corrected chi connectivity index (χ2v) is 3.29. The number of carbonyl (C=O) groups excluding carboxylic acids is 1. The lowest BCUT2D eigenvalue weighted by molar-refractivity contribution is 0.112. The van der Waals surface area contributed by atoms with E-state index in [1.807, 2.05) is 0 Å². The molecule has 1 rings (SSSR count). The fraction of sp³-hybridized carbons (Fsp3) is 0.250. The molecular weight excluding hydrogens is 208 g/mol. The molecule has 0 saturated heterocycles. The van der Waals surface area contributed by atoms with Gasteiger partial charge in [0, 0.05) is 23.3 Å². The first-order valence-corrected chi connectivity index (χ1v) is 5.18. The van der Waals surface area contributed by atoms with Crippen molar-refractivity contribution in [2.24, 2.45) is 0 Å². The van der Waals surface area contributed by atoms with E-state index in [2.05, 4.69) is 24.5 Å². The van der Waals surface area contributed by atoms with E-state index in [1.165, 1.54) is 0 Å². The van der Waals surface area contributed by atoms with Crippen molar-refractivity contribution < 1.29 is 9.53 Å². The Morgan fingerprint density at radius 3 is 2.93 bits per heavy atom. The van der Waals surface area contributed by atoms with E-state index in [-0.39, 0.29) is 0 Å². The van der Waals surface area contributed by atoms with Crippen molar-refractivity contribution in [3.8, 4) is 17.6 Å². The van der Waals surface area contributed by atoms with Crippen LogP contribution in [0, 0.1) is 11.8 Å². The molecule has 0 aliphatic heterocycles. The lowest BCUT2D eigenvalue weighted by Crippen LogP contribution is -1.90. The molecule has 0 fully saturated rings. The van der Waals surface area contributed by atoms with Crippen LogP contribution in [0.1, 0.15) is 22.3 Å². The van der Waals surface area contributed by atoms with Gasteiger partial charge in [0.2, 0.25) is 0 Å². The molecule has 0 spiro atoms. The van der Waals surface area contributed by atoms with Crippen LogP contribution < -0.4 is 4.74 Å².